The minimum atomic E-state index is -0.360. The van der Waals surface area contributed by atoms with Gasteiger partial charge < -0.3 is 4.74 Å². The van der Waals surface area contributed by atoms with Gasteiger partial charge in [-0.05, 0) is 35.8 Å². The molecule has 3 nitrogen and oxygen atoms in total. The van der Waals surface area contributed by atoms with Crippen molar-refractivity contribution in [3.05, 3.63) is 40.7 Å². The molecule has 0 amide bonds. The van der Waals surface area contributed by atoms with E-state index in [9.17, 15) is 4.39 Å². The Kier molecular flexibility index (Phi) is 6.29. The molecule has 0 atom stereocenters. The molecule has 0 aliphatic heterocycles. The van der Waals surface area contributed by atoms with Crippen molar-refractivity contribution < 1.29 is 9.13 Å². The predicted octanol–water partition coefficient (Wildman–Crippen LogP) is 3.57. The van der Waals surface area contributed by atoms with E-state index in [2.05, 4.69) is 6.92 Å². The molecule has 0 aliphatic carbocycles. The Hall–Kier alpha value is -2.17. The minimum Gasteiger partial charge on any atom is -0.377 e. The first-order chi connectivity index (χ1) is 9.21. The van der Waals surface area contributed by atoms with Crippen molar-refractivity contribution in [3.63, 3.8) is 0 Å². The van der Waals surface area contributed by atoms with E-state index in [-0.39, 0.29) is 18.0 Å². The van der Waals surface area contributed by atoms with Crippen LogP contribution in [0.25, 0.3) is 6.08 Å². The second-order valence-corrected chi connectivity index (χ2v) is 4.03. The fraction of sp³-hybridized carbons (Fsp3) is 0.333. The van der Waals surface area contributed by atoms with Gasteiger partial charge in [0.25, 0.3) is 0 Å². The minimum absolute atomic E-state index is 0.0126. The molecular formula is C15H15FN2O. The maximum Gasteiger partial charge on any atom is 0.130 e. The van der Waals surface area contributed by atoms with E-state index in [1.807, 2.05) is 0 Å². The maximum absolute atomic E-state index is 13.2. The molecule has 0 heterocycles. The molecular weight excluding hydrogens is 243 g/mol. The SMILES string of the molecule is CCCCOCc1cc(F)ccc1C=C(C#N)C#N. The zero-order chi connectivity index (χ0) is 14.1. The van der Waals surface area contributed by atoms with Crippen molar-refractivity contribution in [1.29, 1.82) is 10.5 Å². The molecule has 0 aliphatic rings. The highest BCUT2D eigenvalue weighted by Crippen LogP contribution is 2.16. The quantitative estimate of drug-likeness (QED) is 0.579. The number of benzene rings is 1. The number of ether oxygens (including phenoxy) is 1. The average molecular weight is 258 g/mol. The molecule has 0 N–H and O–H groups in total. The zero-order valence-electron chi connectivity index (χ0n) is 10.8. The standard InChI is InChI=1S/C15H15FN2O/c1-2-3-6-19-11-14-8-15(16)5-4-13(14)7-12(9-17)10-18/h4-5,7-8H,2-3,6,11H2,1H3. The number of halogens is 1. The van der Waals surface area contributed by atoms with Gasteiger partial charge in [0.2, 0.25) is 0 Å². The fourth-order valence-electron chi connectivity index (χ4n) is 1.51. The van der Waals surface area contributed by atoms with Crippen LogP contribution in [0.15, 0.2) is 23.8 Å². The first-order valence-corrected chi connectivity index (χ1v) is 6.09. The van der Waals surface area contributed by atoms with Crippen LogP contribution in [-0.2, 0) is 11.3 Å². The fourth-order valence-corrected chi connectivity index (χ4v) is 1.51. The van der Waals surface area contributed by atoms with Gasteiger partial charge in [-0.3, -0.25) is 0 Å². The topological polar surface area (TPSA) is 56.8 Å². The highest BCUT2D eigenvalue weighted by Gasteiger charge is 2.04. The highest BCUT2D eigenvalue weighted by atomic mass is 19.1. The molecule has 0 saturated heterocycles. The highest BCUT2D eigenvalue weighted by molar-refractivity contribution is 5.64. The molecule has 0 unspecified atom stereocenters. The van der Waals surface area contributed by atoms with Gasteiger partial charge in [-0.2, -0.15) is 10.5 Å². The van der Waals surface area contributed by atoms with E-state index in [4.69, 9.17) is 15.3 Å². The molecule has 0 saturated carbocycles. The van der Waals surface area contributed by atoms with Crippen molar-refractivity contribution in [2.24, 2.45) is 0 Å². The van der Waals surface area contributed by atoms with E-state index in [1.54, 1.807) is 18.2 Å². The molecule has 0 spiro atoms. The van der Waals surface area contributed by atoms with Gasteiger partial charge in [-0.1, -0.05) is 19.4 Å². The summed E-state index contributed by atoms with van der Waals surface area (Å²) >= 11 is 0. The van der Waals surface area contributed by atoms with Gasteiger partial charge in [-0.25, -0.2) is 4.39 Å². The Balaban J connectivity index is 2.90. The summed E-state index contributed by atoms with van der Waals surface area (Å²) in [6.07, 6.45) is 3.42. The molecule has 0 bridgehead atoms. The molecule has 0 radical (unpaired) electrons. The Labute approximate surface area is 112 Å². The molecule has 0 aromatic heterocycles. The van der Waals surface area contributed by atoms with Crippen LogP contribution in [0.4, 0.5) is 4.39 Å². The Morgan fingerprint density at radius 2 is 2.11 bits per heavy atom. The van der Waals surface area contributed by atoms with Gasteiger partial charge >= 0.3 is 0 Å². The van der Waals surface area contributed by atoms with Gasteiger partial charge in [0, 0.05) is 6.61 Å². The predicted molar refractivity (Wildman–Crippen MR) is 70.2 cm³/mol. The monoisotopic (exact) mass is 258 g/mol. The number of hydrogen-bond donors (Lipinski definition) is 0. The number of nitrogens with zero attached hydrogens (tertiary/aromatic N) is 2. The van der Waals surface area contributed by atoms with E-state index in [0.29, 0.717) is 17.7 Å². The van der Waals surface area contributed by atoms with E-state index < -0.39 is 0 Å². The molecule has 4 heteroatoms. The summed E-state index contributed by atoms with van der Waals surface area (Å²) in [4.78, 5) is 0. The molecule has 0 fully saturated rings. The van der Waals surface area contributed by atoms with Gasteiger partial charge in [0.15, 0.2) is 0 Å². The van der Waals surface area contributed by atoms with Gasteiger partial charge in [0.05, 0.1) is 6.61 Å². The smallest absolute Gasteiger partial charge is 0.130 e. The zero-order valence-corrected chi connectivity index (χ0v) is 10.8. The van der Waals surface area contributed by atoms with Crippen LogP contribution in [0.5, 0.6) is 0 Å². The normalized spacial score (nSPS) is 9.47. The van der Waals surface area contributed by atoms with Crippen LogP contribution in [0, 0.1) is 28.5 Å². The first kappa shape index (κ1) is 14.9. The summed E-state index contributed by atoms with van der Waals surface area (Å²) < 4.78 is 18.7. The lowest BCUT2D eigenvalue weighted by Gasteiger charge is -2.07. The number of hydrogen-bond acceptors (Lipinski definition) is 3. The van der Waals surface area contributed by atoms with Crippen LogP contribution >= 0.6 is 0 Å². The van der Waals surface area contributed by atoms with Crippen molar-refractivity contribution in [2.45, 2.75) is 26.4 Å². The van der Waals surface area contributed by atoms with Crippen molar-refractivity contribution in [3.8, 4) is 12.1 Å². The average Bonchev–Trinajstić information content (AvgIpc) is 2.43. The Bertz CT molecular complexity index is 522. The van der Waals surface area contributed by atoms with Crippen LogP contribution in [0.1, 0.15) is 30.9 Å². The molecule has 19 heavy (non-hydrogen) atoms. The number of unbranched alkanes of at least 4 members (excludes halogenated alkanes) is 1. The summed E-state index contributed by atoms with van der Waals surface area (Å²) in [5, 5.41) is 17.5. The third-order valence-corrected chi connectivity index (χ3v) is 2.55. The third-order valence-electron chi connectivity index (χ3n) is 2.55. The molecule has 1 aromatic carbocycles. The van der Waals surface area contributed by atoms with E-state index >= 15 is 0 Å². The summed E-state index contributed by atoms with van der Waals surface area (Å²) in [6, 6.07) is 7.78. The summed E-state index contributed by atoms with van der Waals surface area (Å²) in [5.74, 6) is -0.360. The first-order valence-electron chi connectivity index (χ1n) is 6.09. The Morgan fingerprint density at radius 3 is 2.74 bits per heavy atom. The van der Waals surface area contributed by atoms with Crippen molar-refractivity contribution in [2.75, 3.05) is 6.61 Å². The number of rotatable bonds is 6. The van der Waals surface area contributed by atoms with Gasteiger partial charge in [-0.15, -0.1) is 0 Å². The second-order valence-electron chi connectivity index (χ2n) is 4.03. The van der Waals surface area contributed by atoms with Crippen LogP contribution in [-0.4, -0.2) is 6.61 Å². The number of nitriles is 2. The van der Waals surface area contributed by atoms with Crippen LogP contribution < -0.4 is 0 Å². The molecule has 98 valence electrons. The lowest BCUT2D eigenvalue weighted by molar-refractivity contribution is 0.118. The summed E-state index contributed by atoms with van der Waals surface area (Å²) in [7, 11) is 0. The van der Waals surface area contributed by atoms with Crippen LogP contribution in [0.2, 0.25) is 0 Å². The third kappa shape index (κ3) is 4.91. The molecule has 1 rings (SSSR count). The largest absolute Gasteiger partial charge is 0.377 e. The summed E-state index contributed by atoms with van der Waals surface area (Å²) in [6.45, 7) is 2.94. The summed E-state index contributed by atoms with van der Waals surface area (Å²) in [5.41, 5.74) is 1.26. The Morgan fingerprint density at radius 1 is 1.37 bits per heavy atom. The maximum atomic E-state index is 13.2. The lowest BCUT2D eigenvalue weighted by Crippen LogP contribution is -1.98. The van der Waals surface area contributed by atoms with Crippen molar-refractivity contribution in [1.82, 2.24) is 0 Å². The molecule has 1 aromatic rings. The number of allylic oxidation sites excluding steroid dienone is 1. The van der Waals surface area contributed by atoms with Crippen molar-refractivity contribution >= 4 is 6.08 Å². The van der Waals surface area contributed by atoms with E-state index in [1.165, 1.54) is 18.2 Å². The van der Waals surface area contributed by atoms with Gasteiger partial charge in [0.1, 0.15) is 23.5 Å². The second kappa shape index (κ2) is 8.02. The van der Waals surface area contributed by atoms with Crippen LogP contribution in [0.3, 0.4) is 0 Å². The lowest BCUT2D eigenvalue weighted by atomic mass is 10.1. The van der Waals surface area contributed by atoms with E-state index in [0.717, 1.165) is 12.8 Å².